The number of aryl methyl sites for hydroxylation is 1. The first-order valence-electron chi connectivity index (χ1n) is 5.36. The predicted molar refractivity (Wildman–Crippen MR) is 69.1 cm³/mol. The molecule has 0 bridgehead atoms. The molecule has 0 saturated heterocycles. The molecule has 1 aromatic rings. The molecule has 0 amide bonds. The highest BCUT2D eigenvalue weighted by atomic mass is 127. The van der Waals surface area contributed by atoms with Crippen LogP contribution in [0, 0.1) is 3.57 Å². The maximum absolute atomic E-state index is 12.9. The van der Waals surface area contributed by atoms with E-state index in [4.69, 9.17) is 4.74 Å². The highest BCUT2D eigenvalue weighted by Crippen LogP contribution is 2.35. The van der Waals surface area contributed by atoms with E-state index in [-0.39, 0.29) is 28.6 Å². The summed E-state index contributed by atoms with van der Waals surface area (Å²) >= 11 is 1.65. The summed E-state index contributed by atoms with van der Waals surface area (Å²) in [6.07, 6.45) is -4.41. The monoisotopic (exact) mass is 372 g/mol. The van der Waals surface area contributed by atoms with Gasteiger partial charge in [0.2, 0.25) is 0 Å². The summed E-state index contributed by atoms with van der Waals surface area (Å²) in [5, 5.41) is 0. The van der Waals surface area contributed by atoms with Gasteiger partial charge in [0.15, 0.2) is 0 Å². The number of rotatable bonds is 4. The lowest BCUT2D eigenvalue weighted by molar-refractivity contribution is -0.144. The summed E-state index contributed by atoms with van der Waals surface area (Å²) < 4.78 is 43.4. The quantitative estimate of drug-likeness (QED) is 0.594. The van der Waals surface area contributed by atoms with E-state index in [1.165, 1.54) is 12.1 Å². The second kappa shape index (κ2) is 6.40. The van der Waals surface area contributed by atoms with Crippen molar-refractivity contribution in [1.82, 2.24) is 0 Å². The second-order valence-corrected chi connectivity index (χ2v) is 4.74. The van der Waals surface area contributed by atoms with Crippen LogP contribution in [-0.2, 0) is 22.1 Å². The van der Waals surface area contributed by atoms with E-state index in [1.807, 2.05) is 0 Å². The molecule has 0 aliphatic rings. The molecule has 1 aromatic carbocycles. The van der Waals surface area contributed by atoms with Crippen molar-refractivity contribution in [2.75, 3.05) is 6.61 Å². The first-order chi connectivity index (χ1) is 8.36. The Balaban J connectivity index is 2.89. The Kier molecular flexibility index (Phi) is 5.43. The van der Waals surface area contributed by atoms with Crippen molar-refractivity contribution < 1.29 is 22.7 Å². The first kappa shape index (κ1) is 15.3. The fourth-order valence-electron chi connectivity index (χ4n) is 1.56. The van der Waals surface area contributed by atoms with E-state index in [2.05, 4.69) is 0 Å². The Labute approximate surface area is 117 Å². The zero-order valence-corrected chi connectivity index (χ0v) is 11.8. The third-order valence-electron chi connectivity index (χ3n) is 2.29. The molecule has 0 atom stereocenters. The molecule has 18 heavy (non-hydrogen) atoms. The minimum absolute atomic E-state index is 0.0323. The van der Waals surface area contributed by atoms with E-state index in [0.29, 0.717) is 0 Å². The molecule has 100 valence electrons. The molecule has 0 fully saturated rings. The van der Waals surface area contributed by atoms with E-state index in [1.54, 1.807) is 35.6 Å². The van der Waals surface area contributed by atoms with Crippen LogP contribution >= 0.6 is 22.6 Å². The van der Waals surface area contributed by atoms with Crippen LogP contribution in [-0.4, -0.2) is 12.6 Å². The van der Waals surface area contributed by atoms with Gasteiger partial charge in [-0.15, -0.1) is 0 Å². The molecule has 0 aliphatic heterocycles. The van der Waals surface area contributed by atoms with Crippen molar-refractivity contribution in [3.63, 3.8) is 0 Å². The maximum atomic E-state index is 12.9. The molecule has 0 aliphatic carbocycles. The number of halogens is 4. The van der Waals surface area contributed by atoms with E-state index in [0.717, 1.165) is 0 Å². The molecule has 2 nitrogen and oxygen atoms in total. The van der Waals surface area contributed by atoms with Crippen molar-refractivity contribution in [3.8, 4) is 0 Å². The molecule has 0 spiro atoms. The molecule has 0 saturated carbocycles. The van der Waals surface area contributed by atoms with Crippen LogP contribution in [0.5, 0.6) is 0 Å². The van der Waals surface area contributed by atoms with Crippen molar-refractivity contribution in [2.24, 2.45) is 0 Å². The summed E-state index contributed by atoms with van der Waals surface area (Å²) in [7, 11) is 0. The van der Waals surface area contributed by atoms with Crippen molar-refractivity contribution in [1.29, 1.82) is 0 Å². The van der Waals surface area contributed by atoms with Crippen LogP contribution in [0.3, 0.4) is 0 Å². The minimum Gasteiger partial charge on any atom is -0.466 e. The van der Waals surface area contributed by atoms with E-state index >= 15 is 0 Å². The molecule has 0 aromatic heterocycles. The highest BCUT2D eigenvalue weighted by molar-refractivity contribution is 14.1. The molecule has 0 N–H and O–H groups in total. The molecular weight excluding hydrogens is 360 g/mol. The average Bonchev–Trinajstić information content (AvgIpc) is 2.25. The lowest BCUT2D eigenvalue weighted by Crippen LogP contribution is -2.13. The number of carbonyl (C=O) groups excluding carboxylic acids is 1. The summed E-state index contributed by atoms with van der Waals surface area (Å²) in [6, 6.07) is 4.35. The Bertz CT molecular complexity index is 430. The van der Waals surface area contributed by atoms with Crippen LogP contribution in [0.25, 0.3) is 0 Å². The first-order valence-corrected chi connectivity index (χ1v) is 6.44. The molecule has 0 unspecified atom stereocenters. The van der Waals surface area contributed by atoms with Crippen LogP contribution in [0.2, 0.25) is 0 Å². The molecule has 0 heterocycles. The van der Waals surface area contributed by atoms with Gasteiger partial charge in [-0.05, 0) is 47.6 Å². The Morgan fingerprint density at radius 1 is 1.39 bits per heavy atom. The van der Waals surface area contributed by atoms with Gasteiger partial charge in [-0.1, -0.05) is 12.1 Å². The van der Waals surface area contributed by atoms with Gasteiger partial charge < -0.3 is 4.74 Å². The van der Waals surface area contributed by atoms with Gasteiger partial charge in [0.05, 0.1) is 12.2 Å². The van der Waals surface area contributed by atoms with E-state index in [9.17, 15) is 18.0 Å². The summed E-state index contributed by atoms with van der Waals surface area (Å²) in [5.41, 5.74) is -0.530. The number of carbonyl (C=O) groups is 1. The van der Waals surface area contributed by atoms with Crippen molar-refractivity contribution in [2.45, 2.75) is 25.9 Å². The lowest BCUT2D eigenvalue weighted by Gasteiger charge is -2.14. The van der Waals surface area contributed by atoms with E-state index < -0.39 is 17.7 Å². The lowest BCUT2D eigenvalue weighted by atomic mass is 10.0. The summed E-state index contributed by atoms with van der Waals surface area (Å²) in [5.74, 6) is -0.482. The molecule has 1 rings (SSSR count). The Hall–Kier alpha value is -0.790. The highest BCUT2D eigenvalue weighted by Gasteiger charge is 2.35. The van der Waals surface area contributed by atoms with Crippen molar-refractivity contribution >= 4 is 28.6 Å². The third kappa shape index (κ3) is 4.15. The van der Waals surface area contributed by atoms with Crippen LogP contribution in [0.1, 0.15) is 24.5 Å². The smallest absolute Gasteiger partial charge is 0.417 e. The van der Waals surface area contributed by atoms with Gasteiger partial charge in [0.25, 0.3) is 0 Å². The van der Waals surface area contributed by atoms with Gasteiger partial charge in [-0.3, -0.25) is 4.79 Å². The van der Waals surface area contributed by atoms with Crippen molar-refractivity contribution in [3.05, 3.63) is 32.9 Å². The van der Waals surface area contributed by atoms with Crippen LogP contribution in [0.15, 0.2) is 18.2 Å². The van der Waals surface area contributed by atoms with Crippen LogP contribution < -0.4 is 0 Å². The number of hydrogen-bond donors (Lipinski definition) is 0. The standard InChI is InChI=1S/C12H12F3IO2/c1-2-18-10(17)7-6-8-4-3-5-9(16)11(8)12(13,14)15/h3-5H,2,6-7H2,1H3. The number of alkyl halides is 3. The van der Waals surface area contributed by atoms with Gasteiger partial charge in [0, 0.05) is 9.99 Å². The number of esters is 1. The normalized spacial score (nSPS) is 11.4. The second-order valence-electron chi connectivity index (χ2n) is 3.58. The zero-order chi connectivity index (χ0) is 13.8. The maximum Gasteiger partial charge on any atom is 0.417 e. The Morgan fingerprint density at radius 3 is 2.61 bits per heavy atom. The van der Waals surface area contributed by atoms with Gasteiger partial charge in [-0.25, -0.2) is 0 Å². The number of ether oxygens (including phenoxy) is 1. The van der Waals surface area contributed by atoms with Gasteiger partial charge in [-0.2, -0.15) is 13.2 Å². The minimum atomic E-state index is -4.40. The summed E-state index contributed by atoms with van der Waals surface area (Å²) in [6.45, 7) is 1.89. The Morgan fingerprint density at radius 2 is 2.06 bits per heavy atom. The summed E-state index contributed by atoms with van der Waals surface area (Å²) in [4.78, 5) is 11.2. The van der Waals surface area contributed by atoms with Crippen LogP contribution in [0.4, 0.5) is 13.2 Å². The predicted octanol–water partition coefficient (Wildman–Crippen LogP) is 3.81. The molecule has 0 radical (unpaired) electrons. The topological polar surface area (TPSA) is 26.3 Å². The molecular formula is C12H12F3IO2. The number of benzene rings is 1. The van der Waals surface area contributed by atoms with Gasteiger partial charge in [0.1, 0.15) is 0 Å². The average molecular weight is 372 g/mol. The zero-order valence-electron chi connectivity index (χ0n) is 9.68. The largest absolute Gasteiger partial charge is 0.466 e. The fraction of sp³-hybridized carbons (Fsp3) is 0.417. The molecule has 6 heteroatoms. The van der Waals surface area contributed by atoms with Gasteiger partial charge >= 0.3 is 12.1 Å². The SMILES string of the molecule is CCOC(=O)CCc1cccc(I)c1C(F)(F)F. The third-order valence-corrected chi connectivity index (χ3v) is 3.19. The fourth-order valence-corrected chi connectivity index (χ4v) is 2.42. The number of hydrogen-bond acceptors (Lipinski definition) is 2.